The SMILES string of the molecule is CC(=O)N1CCC(CN2C(=N)N[C@H](c3cccc(Br)c3)C(C)(C)C2=O)C1. The Labute approximate surface area is 162 Å². The molecular weight excluding hydrogens is 396 g/mol. The minimum absolute atomic E-state index is 0.0486. The van der Waals surface area contributed by atoms with Gasteiger partial charge in [-0.2, -0.15) is 0 Å². The fourth-order valence-electron chi connectivity index (χ4n) is 3.85. The summed E-state index contributed by atoms with van der Waals surface area (Å²) in [5.74, 6) is 0.372. The molecule has 3 rings (SSSR count). The number of nitrogens with one attached hydrogen (secondary N) is 2. The van der Waals surface area contributed by atoms with E-state index in [4.69, 9.17) is 5.41 Å². The Hall–Kier alpha value is -1.89. The van der Waals surface area contributed by atoms with E-state index in [1.54, 1.807) is 11.8 Å². The topological polar surface area (TPSA) is 76.5 Å². The van der Waals surface area contributed by atoms with Gasteiger partial charge in [-0.1, -0.05) is 28.1 Å². The van der Waals surface area contributed by atoms with Crippen LogP contribution < -0.4 is 5.32 Å². The molecule has 6 nitrogen and oxygen atoms in total. The van der Waals surface area contributed by atoms with E-state index in [1.807, 2.05) is 43.0 Å². The zero-order chi connectivity index (χ0) is 19.1. The fraction of sp³-hybridized carbons (Fsp3) is 0.526. The quantitative estimate of drug-likeness (QED) is 0.788. The van der Waals surface area contributed by atoms with E-state index < -0.39 is 5.41 Å². The Bertz CT molecular complexity index is 749. The van der Waals surface area contributed by atoms with Crippen molar-refractivity contribution >= 4 is 33.7 Å². The smallest absolute Gasteiger partial charge is 0.237 e. The van der Waals surface area contributed by atoms with Crippen LogP contribution in [0.25, 0.3) is 0 Å². The maximum atomic E-state index is 13.2. The number of nitrogens with zero attached hydrogens (tertiary/aromatic N) is 2. The molecule has 2 atom stereocenters. The third kappa shape index (κ3) is 3.49. The highest BCUT2D eigenvalue weighted by molar-refractivity contribution is 9.10. The van der Waals surface area contributed by atoms with Crippen molar-refractivity contribution in [2.24, 2.45) is 11.3 Å². The first-order valence-electron chi connectivity index (χ1n) is 8.88. The van der Waals surface area contributed by atoms with Crippen molar-refractivity contribution in [3.8, 4) is 0 Å². The number of hydrogen-bond acceptors (Lipinski definition) is 3. The highest BCUT2D eigenvalue weighted by Crippen LogP contribution is 2.39. The molecule has 2 heterocycles. The van der Waals surface area contributed by atoms with Gasteiger partial charge in [0.2, 0.25) is 11.8 Å². The molecule has 26 heavy (non-hydrogen) atoms. The van der Waals surface area contributed by atoms with Crippen LogP contribution in [0.4, 0.5) is 0 Å². The molecule has 0 spiro atoms. The summed E-state index contributed by atoms with van der Waals surface area (Å²) < 4.78 is 0.948. The van der Waals surface area contributed by atoms with E-state index in [9.17, 15) is 9.59 Å². The number of benzene rings is 1. The molecular formula is C19H25BrN4O2. The van der Waals surface area contributed by atoms with E-state index in [1.165, 1.54) is 0 Å². The summed E-state index contributed by atoms with van der Waals surface area (Å²) in [7, 11) is 0. The second kappa shape index (κ2) is 7.02. The molecule has 0 aliphatic carbocycles. The second-order valence-electron chi connectivity index (χ2n) is 7.74. The van der Waals surface area contributed by atoms with Crippen molar-refractivity contribution in [3.05, 3.63) is 34.3 Å². The second-order valence-corrected chi connectivity index (χ2v) is 8.65. The van der Waals surface area contributed by atoms with Crippen molar-refractivity contribution in [1.82, 2.24) is 15.1 Å². The van der Waals surface area contributed by atoms with Crippen LogP contribution in [0, 0.1) is 16.7 Å². The van der Waals surface area contributed by atoms with Gasteiger partial charge >= 0.3 is 0 Å². The zero-order valence-corrected chi connectivity index (χ0v) is 17.0. The van der Waals surface area contributed by atoms with Crippen LogP contribution in [-0.4, -0.2) is 47.2 Å². The van der Waals surface area contributed by atoms with Crippen LogP contribution in [0.15, 0.2) is 28.7 Å². The third-order valence-corrected chi connectivity index (χ3v) is 5.92. The molecule has 1 aromatic rings. The molecule has 1 aromatic carbocycles. The third-order valence-electron chi connectivity index (χ3n) is 5.42. The number of guanidine groups is 1. The normalized spacial score (nSPS) is 25.4. The van der Waals surface area contributed by atoms with Gasteiger partial charge in [0, 0.05) is 31.0 Å². The van der Waals surface area contributed by atoms with Crippen LogP contribution in [0.1, 0.15) is 38.8 Å². The Morgan fingerprint density at radius 2 is 2.15 bits per heavy atom. The van der Waals surface area contributed by atoms with Gasteiger partial charge in [0.25, 0.3) is 0 Å². The first-order chi connectivity index (χ1) is 12.2. The van der Waals surface area contributed by atoms with Crippen molar-refractivity contribution < 1.29 is 9.59 Å². The number of likely N-dealkylation sites (tertiary alicyclic amines) is 1. The minimum Gasteiger partial charge on any atom is -0.348 e. The number of carbonyl (C=O) groups is 2. The predicted octanol–water partition coefficient (Wildman–Crippen LogP) is 2.75. The zero-order valence-electron chi connectivity index (χ0n) is 15.4. The minimum atomic E-state index is -0.676. The van der Waals surface area contributed by atoms with E-state index in [-0.39, 0.29) is 29.7 Å². The van der Waals surface area contributed by atoms with Gasteiger partial charge in [0.05, 0.1) is 11.5 Å². The van der Waals surface area contributed by atoms with Gasteiger partial charge in [0.15, 0.2) is 5.96 Å². The first-order valence-corrected chi connectivity index (χ1v) is 9.67. The van der Waals surface area contributed by atoms with Crippen LogP contribution in [0.2, 0.25) is 0 Å². The monoisotopic (exact) mass is 420 g/mol. The molecule has 2 amide bonds. The van der Waals surface area contributed by atoms with Gasteiger partial charge < -0.3 is 10.2 Å². The van der Waals surface area contributed by atoms with Crippen LogP contribution in [0.3, 0.4) is 0 Å². The Kier molecular flexibility index (Phi) is 5.10. The molecule has 2 N–H and O–H groups in total. The maximum absolute atomic E-state index is 13.2. The van der Waals surface area contributed by atoms with Gasteiger partial charge in [-0.15, -0.1) is 0 Å². The molecule has 2 saturated heterocycles. The molecule has 1 unspecified atom stereocenters. The molecule has 0 bridgehead atoms. The lowest BCUT2D eigenvalue weighted by Gasteiger charge is -2.45. The predicted molar refractivity (Wildman–Crippen MR) is 104 cm³/mol. The van der Waals surface area contributed by atoms with Crippen LogP contribution in [-0.2, 0) is 9.59 Å². The Morgan fingerprint density at radius 3 is 2.77 bits per heavy atom. The summed E-state index contributed by atoms with van der Waals surface area (Å²) in [5, 5.41) is 11.6. The summed E-state index contributed by atoms with van der Waals surface area (Å²) in [5.41, 5.74) is 0.301. The number of hydrogen-bond donors (Lipinski definition) is 2. The average Bonchev–Trinajstić information content (AvgIpc) is 3.04. The van der Waals surface area contributed by atoms with Gasteiger partial charge in [0.1, 0.15) is 0 Å². The number of carbonyl (C=O) groups excluding carboxylic acids is 2. The fourth-order valence-corrected chi connectivity index (χ4v) is 4.27. The standard InChI is InChI=1S/C19H25BrN4O2/c1-12(25)23-8-7-13(10-23)11-24-17(26)19(2,3)16(22-18(24)21)14-5-4-6-15(20)9-14/h4-6,9,13,16H,7-8,10-11H2,1-3H3,(H2,21,22)/t13?,16-/m1/s1. The van der Waals surface area contributed by atoms with Crippen molar-refractivity contribution in [1.29, 1.82) is 5.41 Å². The maximum Gasteiger partial charge on any atom is 0.237 e. The molecule has 0 saturated carbocycles. The number of amides is 2. The first kappa shape index (κ1) is 18.9. The number of rotatable bonds is 3. The van der Waals surface area contributed by atoms with Crippen molar-refractivity contribution in [2.45, 2.75) is 33.2 Å². The Balaban J connectivity index is 1.77. The van der Waals surface area contributed by atoms with Gasteiger partial charge in [-0.25, -0.2) is 0 Å². The lowest BCUT2D eigenvalue weighted by molar-refractivity contribution is -0.140. The molecule has 2 aliphatic rings. The number of halogens is 1. The highest BCUT2D eigenvalue weighted by Gasteiger charge is 2.47. The van der Waals surface area contributed by atoms with Crippen molar-refractivity contribution in [3.63, 3.8) is 0 Å². The largest absolute Gasteiger partial charge is 0.348 e. The van der Waals surface area contributed by atoms with Gasteiger partial charge in [-0.3, -0.25) is 19.9 Å². The lowest BCUT2D eigenvalue weighted by atomic mass is 9.77. The summed E-state index contributed by atoms with van der Waals surface area (Å²) >= 11 is 3.48. The van der Waals surface area contributed by atoms with E-state index in [0.29, 0.717) is 13.1 Å². The molecule has 2 aliphatic heterocycles. The summed E-state index contributed by atoms with van der Waals surface area (Å²) in [6.07, 6.45) is 0.867. The van der Waals surface area contributed by atoms with E-state index in [0.717, 1.165) is 23.0 Å². The molecule has 7 heteroatoms. The Morgan fingerprint density at radius 1 is 1.42 bits per heavy atom. The van der Waals surface area contributed by atoms with E-state index >= 15 is 0 Å². The summed E-state index contributed by atoms with van der Waals surface area (Å²) in [6, 6.07) is 7.58. The average molecular weight is 421 g/mol. The molecule has 0 radical (unpaired) electrons. The van der Waals surface area contributed by atoms with E-state index in [2.05, 4.69) is 21.2 Å². The van der Waals surface area contributed by atoms with Gasteiger partial charge in [-0.05, 0) is 43.9 Å². The van der Waals surface area contributed by atoms with Crippen molar-refractivity contribution in [2.75, 3.05) is 19.6 Å². The summed E-state index contributed by atoms with van der Waals surface area (Å²) in [4.78, 5) is 28.1. The molecule has 140 valence electrons. The molecule has 0 aromatic heterocycles. The van der Waals surface area contributed by atoms with Crippen LogP contribution in [0.5, 0.6) is 0 Å². The summed E-state index contributed by atoms with van der Waals surface area (Å²) in [6.45, 7) is 7.27. The lowest BCUT2D eigenvalue weighted by Crippen LogP contribution is -2.61. The molecule has 2 fully saturated rings. The van der Waals surface area contributed by atoms with Crippen LogP contribution >= 0.6 is 15.9 Å². The highest BCUT2D eigenvalue weighted by atomic mass is 79.9.